The second-order valence-electron chi connectivity index (χ2n) is 6.95. The zero-order chi connectivity index (χ0) is 19.1. The van der Waals surface area contributed by atoms with Crippen molar-refractivity contribution in [3.63, 3.8) is 0 Å². The quantitative estimate of drug-likeness (QED) is 0.852. The van der Waals surface area contributed by atoms with Gasteiger partial charge in [-0.15, -0.1) is 0 Å². The van der Waals surface area contributed by atoms with Crippen molar-refractivity contribution in [2.24, 2.45) is 5.92 Å². The molecular weight excluding hydrogens is 343 g/mol. The molecule has 2 aromatic carbocycles. The minimum Gasteiger partial charge on any atom is -0.356 e. The first kappa shape index (κ1) is 19.1. The van der Waals surface area contributed by atoms with Gasteiger partial charge in [-0.3, -0.25) is 9.59 Å². The van der Waals surface area contributed by atoms with Gasteiger partial charge in [-0.2, -0.15) is 0 Å². The average Bonchev–Trinajstić information content (AvgIpc) is 2.70. The third-order valence-corrected chi connectivity index (χ3v) is 5.07. The zero-order valence-corrected chi connectivity index (χ0v) is 15.4. The van der Waals surface area contributed by atoms with E-state index in [0.29, 0.717) is 50.9 Å². The molecule has 0 spiro atoms. The summed E-state index contributed by atoms with van der Waals surface area (Å²) in [4.78, 5) is 26.6. The van der Waals surface area contributed by atoms with Crippen molar-refractivity contribution >= 4 is 11.8 Å². The number of carbonyl (C=O) groups excluding carboxylic acids is 2. The van der Waals surface area contributed by atoms with Crippen molar-refractivity contribution in [2.45, 2.75) is 25.7 Å². The largest absolute Gasteiger partial charge is 0.356 e. The highest BCUT2D eigenvalue weighted by Crippen LogP contribution is 2.18. The number of likely N-dealkylation sites (tertiary alicyclic amines) is 1. The van der Waals surface area contributed by atoms with Crippen LogP contribution >= 0.6 is 0 Å². The van der Waals surface area contributed by atoms with Gasteiger partial charge in [-0.1, -0.05) is 48.5 Å². The molecule has 1 heterocycles. The molecule has 27 heavy (non-hydrogen) atoms. The summed E-state index contributed by atoms with van der Waals surface area (Å²) in [7, 11) is 0. The molecule has 0 unspecified atom stereocenters. The van der Waals surface area contributed by atoms with E-state index in [1.807, 2.05) is 35.2 Å². The monoisotopic (exact) mass is 368 g/mol. The van der Waals surface area contributed by atoms with Crippen molar-refractivity contribution in [3.8, 4) is 0 Å². The van der Waals surface area contributed by atoms with Gasteiger partial charge in [0, 0.05) is 25.6 Å². The van der Waals surface area contributed by atoms with Crippen molar-refractivity contribution in [1.82, 2.24) is 10.2 Å². The van der Waals surface area contributed by atoms with E-state index in [0.717, 1.165) is 5.56 Å². The van der Waals surface area contributed by atoms with Gasteiger partial charge in [-0.05, 0) is 36.5 Å². The van der Waals surface area contributed by atoms with Crippen molar-refractivity contribution in [3.05, 3.63) is 71.5 Å². The molecule has 1 N–H and O–H groups in total. The summed E-state index contributed by atoms with van der Waals surface area (Å²) in [6.07, 6.45) is 2.23. The molecule has 5 heteroatoms. The molecule has 0 atom stereocenters. The maximum Gasteiger partial charge on any atom is 0.226 e. The van der Waals surface area contributed by atoms with Gasteiger partial charge in [0.25, 0.3) is 0 Å². The van der Waals surface area contributed by atoms with Crippen LogP contribution in [0.25, 0.3) is 0 Å². The molecule has 2 aromatic rings. The van der Waals surface area contributed by atoms with Crippen LogP contribution in [0.5, 0.6) is 0 Å². The second kappa shape index (κ2) is 9.31. The van der Waals surface area contributed by atoms with Crippen LogP contribution in [0.4, 0.5) is 4.39 Å². The van der Waals surface area contributed by atoms with Gasteiger partial charge < -0.3 is 10.2 Å². The number of carbonyl (C=O) groups is 2. The number of hydrogen-bond acceptors (Lipinski definition) is 2. The van der Waals surface area contributed by atoms with Crippen molar-refractivity contribution in [1.29, 1.82) is 0 Å². The standard InChI is InChI=1S/C22H25FN2O2/c23-20-9-5-4-8-18(20)10-13-24-22(27)19-11-14-25(15-12-19)21(26)16-17-6-2-1-3-7-17/h1-9,19H,10-16H2,(H,24,27). The molecule has 1 aliphatic rings. The fraction of sp³-hybridized carbons (Fsp3) is 0.364. The Balaban J connectivity index is 1.40. The lowest BCUT2D eigenvalue weighted by Crippen LogP contribution is -2.43. The molecular formula is C22H25FN2O2. The number of amides is 2. The lowest BCUT2D eigenvalue weighted by atomic mass is 9.95. The number of hydrogen-bond donors (Lipinski definition) is 1. The van der Waals surface area contributed by atoms with E-state index in [-0.39, 0.29) is 23.5 Å². The molecule has 0 bridgehead atoms. The summed E-state index contributed by atoms with van der Waals surface area (Å²) in [5.41, 5.74) is 1.62. The van der Waals surface area contributed by atoms with E-state index in [9.17, 15) is 14.0 Å². The van der Waals surface area contributed by atoms with Crippen LogP contribution in [-0.4, -0.2) is 36.3 Å². The lowest BCUT2D eigenvalue weighted by molar-refractivity contribution is -0.135. The molecule has 142 valence electrons. The molecule has 1 fully saturated rings. The first-order chi connectivity index (χ1) is 13.1. The Morgan fingerprint density at radius 2 is 1.67 bits per heavy atom. The summed E-state index contributed by atoms with van der Waals surface area (Å²) in [6, 6.07) is 16.3. The van der Waals surface area contributed by atoms with Gasteiger partial charge in [0.15, 0.2) is 0 Å². The summed E-state index contributed by atoms with van der Waals surface area (Å²) in [6.45, 7) is 1.64. The first-order valence-electron chi connectivity index (χ1n) is 9.46. The Morgan fingerprint density at radius 1 is 1.00 bits per heavy atom. The van der Waals surface area contributed by atoms with Crippen LogP contribution in [0.15, 0.2) is 54.6 Å². The Morgan fingerprint density at radius 3 is 2.37 bits per heavy atom. The van der Waals surface area contributed by atoms with Crippen LogP contribution < -0.4 is 5.32 Å². The summed E-state index contributed by atoms with van der Waals surface area (Å²) < 4.78 is 13.6. The van der Waals surface area contributed by atoms with E-state index < -0.39 is 0 Å². The van der Waals surface area contributed by atoms with E-state index in [4.69, 9.17) is 0 Å². The summed E-state index contributed by atoms with van der Waals surface area (Å²) in [5, 5.41) is 2.90. The van der Waals surface area contributed by atoms with Gasteiger partial charge in [0.1, 0.15) is 5.82 Å². The topological polar surface area (TPSA) is 49.4 Å². The number of benzene rings is 2. The molecule has 4 nitrogen and oxygen atoms in total. The lowest BCUT2D eigenvalue weighted by Gasteiger charge is -2.31. The van der Waals surface area contributed by atoms with E-state index in [2.05, 4.69) is 5.32 Å². The SMILES string of the molecule is O=C(NCCc1ccccc1F)C1CCN(C(=O)Cc2ccccc2)CC1. The molecule has 3 rings (SSSR count). The van der Waals surface area contributed by atoms with Gasteiger partial charge in [0.2, 0.25) is 11.8 Å². The maximum absolute atomic E-state index is 13.6. The van der Waals surface area contributed by atoms with E-state index >= 15 is 0 Å². The minimum absolute atomic E-state index is 0.00139. The fourth-order valence-electron chi connectivity index (χ4n) is 3.44. The van der Waals surface area contributed by atoms with Crippen LogP contribution in [-0.2, 0) is 22.4 Å². The Bertz CT molecular complexity index is 771. The summed E-state index contributed by atoms with van der Waals surface area (Å²) >= 11 is 0. The normalized spacial score (nSPS) is 14.8. The number of halogens is 1. The Labute approximate surface area is 159 Å². The van der Waals surface area contributed by atoms with Crippen LogP contribution in [0.2, 0.25) is 0 Å². The van der Waals surface area contributed by atoms with Crippen LogP contribution in [0, 0.1) is 11.7 Å². The van der Waals surface area contributed by atoms with Crippen molar-refractivity contribution < 1.29 is 14.0 Å². The van der Waals surface area contributed by atoms with Crippen LogP contribution in [0.1, 0.15) is 24.0 Å². The average molecular weight is 368 g/mol. The van der Waals surface area contributed by atoms with Crippen LogP contribution in [0.3, 0.4) is 0 Å². The van der Waals surface area contributed by atoms with Gasteiger partial charge in [-0.25, -0.2) is 4.39 Å². The highest BCUT2D eigenvalue weighted by Gasteiger charge is 2.27. The first-order valence-corrected chi connectivity index (χ1v) is 9.46. The second-order valence-corrected chi connectivity index (χ2v) is 6.95. The Hall–Kier alpha value is -2.69. The number of nitrogens with one attached hydrogen (secondary N) is 1. The highest BCUT2D eigenvalue weighted by atomic mass is 19.1. The Kier molecular flexibility index (Phi) is 6.58. The van der Waals surface area contributed by atoms with Crippen molar-refractivity contribution in [2.75, 3.05) is 19.6 Å². The number of rotatable bonds is 6. The minimum atomic E-state index is -0.239. The van der Waals surface area contributed by atoms with Gasteiger partial charge in [0.05, 0.1) is 6.42 Å². The van der Waals surface area contributed by atoms with E-state index in [1.54, 1.807) is 18.2 Å². The number of piperidine rings is 1. The fourth-order valence-corrected chi connectivity index (χ4v) is 3.44. The molecule has 2 amide bonds. The van der Waals surface area contributed by atoms with E-state index in [1.165, 1.54) is 6.07 Å². The maximum atomic E-state index is 13.6. The third-order valence-electron chi connectivity index (χ3n) is 5.07. The summed E-state index contributed by atoms with van der Waals surface area (Å²) in [5.74, 6) is -0.204. The number of nitrogens with zero attached hydrogens (tertiary/aromatic N) is 1. The predicted molar refractivity (Wildman–Crippen MR) is 103 cm³/mol. The molecule has 0 radical (unpaired) electrons. The molecule has 1 saturated heterocycles. The molecule has 1 aliphatic heterocycles. The smallest absolute Gasteiger partial charge is 0.226 e. The molecule has 0 saturated carbocycles. The predicted octanol–water partition coefficient (Wildman–Crippen LogP) is 2.97. The third kappa shape index (κ3) is 5.39. The zero-order valence-electron chi connectivity index (χ0n) is 15.4. The van der Waals surface area contributed by atoms with Gasteiger partial charge >= 0.3 is 0 Å². The molecule has 0 aromatic heterocycles. The molecule has 0 aliphatic carbocycles. The highest BCUT2D eigenvalue weighted by molar-refractivity contribution is 5.81.